The maximum absolute atomic E-state index is 13.1. The summed E-state index contributed by atoms with van der Waals surface area (Å²) in [5.74, 6) is 0.0492. The Hall–Kier alpha value is -2.75. The van der Waals surface area contributed by atoms with Crippen molar-refractivity contribution in [3.63, 3.8) is 0 Å². The Bertz CT molecular complexity index is 914. The van der Waals surface area contributed by atoms with Crippen molar-refractivity contribution in [2.75, 3.05) is 10.6 Å². The molecule has 0 saturated carbocycles. The number of allylic oxidation sites excluding steroid dienone is 1. The molecule has 1 aliphatic heterocycles. The van der Waals surface area contributed by atoms with Crippen LogP contribution < -0.4 is 10.6 Å². The Morgan fingerprint density at radius 2 is 1.85 bits per heavy atom. The summed E-state index contributed by atoms with van der Waals surface area (Å²) in [5.41, 5.74) is 4.34. The van der Waals surface area contributed by atoms with Crippen molar-refractivity contribution in [1.29, 1.82) is 0 Å². The second-order valence-electron chi connectivity index (χ2n) is 8.06. The molecule has 2 aliphatic rings. The molecule has 26 heavy (non-hydrogen) atoms. The van der Waals surface area contributed by atoms with Gasteiger partial charge in [-0.15, -0.1) is 0 Å². The molecule has 0 bridgehead atoms. The van der Waals surface area contributed by atoms with Crippen LogP contribution in [-0.4, -0.2) is 10.9 Å². The van der Waals surface area contributed by atoms with E-state index in [-0.39, 0.29) is 28.9 Å². The number of phenols is 1. The van der Waals surface area contributed by atoms with Gasteiger partial charge >= 0.3 is 0 Å². The molecule has 0 amide bonds. The summed E-state index contributed by atoms with van der Waals surface area (Å²) in [6.45, 7) is 6.11. The van der Waals surface area contributed by atoms with Crippen LogP contribution in [0.2, 0.25) is 0 Å². The normalized spacial score (nSPS) is 23.7. The van der Waals surface area contributed by atoms with Crippen LogP contribution in [0, 0.1) is 18.3 Å². The molecule has 3 N–H and O–H groups in total. The van der Waals surface area contributed by atoms with E-state index in [1.807, 2.05) is 43.3 Å². The third kappa shape index (κ3) is 2.85. The number of rotatable bonds is 1. The molecule has 2 atom stereocenters. The van der Waals surface area contributed by atoms with Gasteiger partial charge in [-0.3, -0.25) is 4.79 Å². The van der Waals surface area contributed by atoms with E-state index in [1.165, 1.54) is 0 Å². The fourth-order valence-corrected chi connectivity index (χ4v) is 4.07. The lowest BCUT2D eigenvalue weighted by atomic mass is 9.72. The number of hydrogen-bond donors (Lipinski definition) is 3. The number of aromatic hydroxyl groups is 1. The van der Waals surface area contributed by atoms with Crippen molar-refractivity contribution in [1.82, 2.24) is 0 Å². The Morgan fingerprint density at radius 1 is 1.12 bits per heavy atom. The minimum absolute atomic E-state index is 0.185. The topological polar surface area (TPSA) is 61.4 Å². The third-order valence-electron chi connectivity index (χ3n) is 5.23. The molecule has 4 nitrogen and oxygen atoms in total. The number of hydrogen-bond acceptors (Lipinski definition) is 4. The molecule has 1 heterocycles. The van der Waals surface area contributed by atoms with Crippen LogP contribution in [-0.2, 0) is 4.79 Å². The molecule has 0 fully saturated rings. The van der Waals surface area contributed by atoms with Crippen molar-refractivity contribution >= 4 is 17.2 Å². The number of para-hydroxylation sites is 2. The van der Waals surface area contributed by atoms with Gasteiger partial charge in [0.2, 0.25) is 0 Å². The highest BCUT2D eigenvalue weighted by atomic mass is 16.3. The number of carbonyl (C=O) groups excluding carboxylic acids is 1. The number of benzene rings is 2. The largest absolute Gasteiger partial charge is 0.508 e. The Labute approximate surface area is 153 Å². The van der Waals surface area contributed by atoms with E-state index in [2.05, 4.69) is 30.6 Å². The lowest BCUT2D eigenvalue weighted by Crippen LogP contribution is -2.36. The highest BCUT2D eigenvalue weighted by Crippen LogP contribution is 2.46. The second-order valence-corrected chi connectivity index (χ2v) is 8.06. The first-order valence-corrected chi connectivity index (χ1v) is 9.02. The van der Waals surface area contributed by atoms with Gasteiger partial charge in [0, 0.05) is 17.7 Å². The average molecular weight is 348 g/mol. The van der Waals surface area contributed by atoms with E-state index < -0.39 is 0 Å². The van der Waals surface area contributed by atoms with Crippen molar-refractivity contribution < 1.29 is 9.90 Å². The van der Waals surface area contributed by atoms with E-state index in [9.17, 15) is 9.90 Å². The van der Waals surface area contributed by atoms with Gasteiger partial charge in [0.25, 0.3) is 0 Å². The van der Waals surface area contributed by atoms with Crippen LogP contribution in [0.4, 0.5) is 11.4 Å². The highest BCUT2D eigenvalue weighted by Gasteiger charge is 2.42. The standard InChI is InChI=1S/C22H24N2O2/c1-13-8-9-14(18(25)10-13)21-20-17(11-22(2,3)12-19(20)26)23-15-6-4-5-7-16(15)24-21/h4-11,20-21,23-25H,12H2,1-3H3. The molecule has 4 rings (SSSR count). The Morgan fingerprint density at radius 3 is 2.58 bits per heavy atom. The number of fused-ring (bicyclic) bond motifs is 2. The molecular weight excluding hydrogens is 324 g/mol. The molecular formula is C22H24N2O2. The molecule has 134 valence electrons. The maximum Gasteiger partial charge on any atom is 0.145 e. The SMILES string of the molecule is Cc1ccc(C2Nc3ccccc3NC3=CC(C)(C)CC(=O)C32)c(O)c1. The van der Waals surface area contributed by atoms with Gasteiger partial charge in [0.05, 0.1) is 23.3 Å². The first-order chi connectivity index (χ1) is 12.3. The smallest absolute Gasteiger partial charge is 0.145 e. The van der Waals surface area contributed by atoms with E-state index in [0.717, 1.165) is 28.2 Å². The fraction of sp³-hybridized carbons (Fsp3) is 0.318. The number of ketones is 1. The first-order valence-electron chi connectivity index (χ1n) is 9.02. The van der Waals surface area contributed by atoms with Gasteiger partial charge < -0.3 is 15.7 Å². The van der Waals surface area contributed by atoms with Crippen LogP contribution in [0.25, 0.3) is 0 Å². The molecule has 0 saturated heterocycles. The van der Waals surface area contributed by atoms with E-state index >= 15 is 0 Å². The lowest BCUT2D eigenvalue weighted by molar-refractivity contribution is -0.124. The summed E-state index contributed by atoms with van der Waals surface area (Å²) < 4.78 is 0. The zero-order valence-electron chi connectivity index (χ0n) is 15.3. The molecule has 0 radical (unpaired) electrons. The highest BCUT2D eigenvalue weighted by molar-refractivity contribution is 5.90. The average Bonchev–Trinajstić information content (AvgIpc) is 2.69. The van der Waals surface area contributed by atoms with Crippen LogP contribution in [0.5, 0.6) is 5.75 Å². The molecule has 2 unspecified atom stereocenters. The van der Waals surface area contributed by atoms with Crippen molar-refractivity contribution in [3.8, 4) is 5.75 Å². The van der Waals surface area contributed by atoms with E-state index in [1.54, 1.807) is 6.07 Å². The van der Waals surface area contributed by atoms with Crippen LogP contribution in [0.3, 0.4) is 0 Å². The van der Waals surface area contributed by atoms with E-state index in [0.29, 0.717) is 6.42 Å². The summed E-state index contributed by atoms with van der Waals surface area (Å²) in [7, 11) is 0. The molecule has 0 aromatic heterocycles. The number of anilines is 2. The van der Waals surface area contributed by atoms with Gasteiger partial charge in [-0.2, -0.15) is 0 Å². The molecule has 4 heteroatoms. The van der Waals surface area contributed by atoms with Crippen molar-refractivity contribution in [2.24, 2.45) is 11.3 Å². The third-order valence-corrected chi connectivity index (χ3v) is 5.23. The second kappa shape index (κ2) is 5.90. The lowest BCUT2D eigenvalue weighted by Gasteiger charge is -2.35. The predicted octanol–water partition coefficient (Wildman–Crippen LogP) is 4.78. The fourth-order valence-electron chi connectivity index (χ4n) is 4.07. The van der Waals surface area contributed by atoms with Crippen LogP contribution in [0.1, 0.15) is 37.4 Å². The summed E-state index contributed by atoms with van der Waals surface area (Å²) in [4.78, 5) is 13.1. The van der Waals surface area contributed by atoms with Gasteiger partial charge in [-0.1, -0.05) is 44.2 Å². The molecule has 2 aromatic carbocycles. The zero-order valence-corrected chi connectivity index (χ0v) is 15.3. The quantitative estimate of drug-likeness (QED) is 0.694. The predicted molar refractivity (Wildman–Crippen MR) is 104 cm³/mol. The Kier molecular flexibility index (Phi) is 3.79. The molecule has 1 aliphatic carbocycles. The number of phenolic OH excluding ortho intramolecular Hbond substituents is 1. The van der Waals surface area contributed by atoms with E-state index in [4.69, 9.17) is 0 Å². The van der Waals surface area contributed by atoms with Crippen molar-refractivity contribution in [3.05, 3.63) is 65.4 Å². The number of Topliss-reactive ketones (excluding diaryl/α,β-unsaturated/α-hetero) is 1. The number of nitrogens with one attached hydrogen (secondary N) is 2. The molecule has 2 aromatic rings. The minimum atomic E-state index is -0.357. The van der Waals surface area contributed by atoms with Crippen molar-refractivity contribution in [2.45, 2.75) is 33.2 Å². The number of carbonyl (C=O) groups is 1. The zero-order chi connectivity index (χ0) is 18.5. The summed E-state index contributed by atoms with van der Waals surface area (Å²) in [5, 5.41) is 17.6. The summed E-state index contributed by atoms with van der Waals surface area (Å²) >= 11 is 0. The summed E-state index contributed by atoms with van der Waals surface area (Å²) in [6.07, 6.45) is 2.66. The monoisotopic (exact) mass is 348 g/mol. The maximum atomic E-state index is 13.1. The van der Waals surface area contributed by atoms with Crippen LogP contribution in [0.15, 0.2) is 54.2 Å². The minimum Gasteiger partial charge on any atom is -0.508 e. The summed E-state index contributed by atoms with van der Waals surface area (Å²) in [6, 6.07) is 13.3. The Balaban J connectivity index is 1.90. The van der Waals surface area contributed by atoms with Gasteiger partial charge in [-0.05, 0) is 36.1 Å². The molecule has 0 spiro atoms. The van der Waals surface area contributed by atoms with Gasteiger partial charge in [-0.25, -0.2) is 0 Å². The van der Waals surface area contributed by atoms with Gasteiger partial charge in [0.15, 0.2) is 0 Å². The van der Waals surface area contributed by atoms with Crippen LogP contribution >= 0.6 is 0 Å². The first kappa shape index (κ1) is 16.7. The number of aryl methyl sites for hydroxylation is 1. The van der Waals surface area contributed by atoms with Gasteiger partial charge in [0.1, 0.15) is 11.5 Å².